The van der Waals surface area contributed by atoms with Gasteiger partial charge in [-0.05, 0) is 25.0 Å². The second kappa shape index (κ2) is 6.23. The third-order valence-electron chi connectivity index (χ3n) is 3.74. The summed E-state index contributed by atoms with van der Waals surface area (Å²) in [7, 11) is -3.22. The molecule has 0 aromatic carbocycles. The standard InChI is InChI=1S/C15H18N2O2S2/c18-21(19,10-13-7-3-4-8-16-13)11-14-9-20-15(17-14)12-5-1-2-6-12/h3-4,7-9,12H,1-2,5-6,10-11H2. The zero-order valence-electron chi connectivity index (χ0n) is 11.7. The van der Waals surface area contributed by atoms with Gasteiger partial charge >= 0.3 is 0 Å². The van der Waals surface area contributed by atoms with Crippen molar-refractivity contribution in [1.29, 1.82) is 0 Å². The Balaban J connectivity index is 1.68. The van der Waals surface area contributed by atoms with Gasteiger partial charge in [0.05, 0.1) is 27.9 Å². The number of nitrogens with zero attached hydrogens (tertiary/aromatic N) is 2. The molecule has 6 heteroatoms. The van der Waals surface area contributed by atoms with Crippen molar-refractivity contribution in [3.8, 4) is 0 Å². The Morgan fingerprint density at radius 3 is 2.62 bits per heavy atom. The van der Waals surface area contributed by atoms with E-state index in [1.54, 1.807) is 35.7 Å². The van der Waals surface area contributed by atoms with E-state index in [0.717, 1.165) is 5.01 Å². The molecular weight excluding hydrogens is 304 g/mol. The predicted octanol–water partition coefficient (Wildman–Crippen LogP) is 3.31. The molecule has 0 atom stereocenters. The van der Waals surface area contributed by atoms with E-state index in [4.69, 9.17) is 0 Å². The van der Waals surface area contributed by atoms with E-state index >= 15 is 0 Å². The van der Waals surface area contributed by atoms with Crippen molar-refractivity contribution in [2.45, 2.75) is 43.1 Å². The first-order valence-corrected chi connectivity index (χ1v) is 9.87. The van der Waals surface area contributed by atoms with Crippen LogP contribution < -0.4 is 0 Å². The van der Waals surface area contributed by atoms with Crippen molar-refractivity contribution in [2.75, 3.05) is 0 Å². The number of rotatable bonds is 5. The van der Waals surface area contributed by atoms with Crippen LogP contribution in [-0.4, -0.2) is 18.4 Å². The minimum Gasteiger partial charge on any atom is -0.260 e. The maximum absolute atomic E-state index is 12.2. The lowest BCUT2D eigenvalue weighted by Gasteiger charge is -2.04. The van der Waals surface area contributed by atoms with Gasteiger partial charge in [0.2, 0.25) is 0 Å². The minimum atomic E-state index is -3.22. The Hall–Kier alpha value is -1.27. The molecule has 0 unspecified atom stereocenters. The van der Waals surface area contributed by atoms with Crippen LogP contribution in [0.1, 0.15) is 48.0 Å². The van der Waals surface area contributed by atoms with Gasteiger partial charge in [0.1, 0.15) is 0 Å². The first kappa shape index (κ1) is 14.7. The molecular formula is C15H18N2O2S2. The third-order valence-corrected chi connectivity index (χ3v) is 6.26. The van der Waals surface area contributed by atoms with Crippen molar-refractivity contribution in [1.82, 2.24) is 9.97 Å². The molecule has 0 saturated heterocycles. The van der Waals surface area contributed by atoms with Gasteiger partial charge < -0.3 is 0 Å². The summed E-state index contributed by atoms with van der Waals surface area (Å²) < 4.78 is 24.4. The van der Waals surface area contributed by atoms with E-state index in [-0.39, 0.29) is 11.5 Å². The second-order valence-corrected chi connectivity index (χ2v) is 8.47. The van der Waals surface area contributed by atoms with Crippen LogP contribution in [0.3, 0.4) is 0 Å². The Morgan fingerprint density at radius 1 is 1.14 bits per heavy atom. The molecule has 1 saturated carbocycles. The van der Waals surface area contributed by atoms with Crippen molar-refractivity contribution in [3.63, 3.8) is 0 Å². The summed E-state index contributed by atoms with van der Waals surface area (Å²) in [6.07, 6.45) is 6.52. The fraction of sp³-hybridized carbons (Fsp3) is 0.467. The summed E-state index contributed by atoms with van der Waals surface area (Å²) in [5.74, 6) is 0.527. The van der Waals surface area contributed by atoms with Crippen LogP contribution in [0.2, 0.25) is 0 Å². The molecule has 0 bridgehead atoms. The lowest BCUT2D eigenvalue weighted by molar-refractivity contribution is 0.593. The van der Waals surface area contributed by atoms with Crippen LogP contribution in [0.15, 0.2) is 29.8 Å². The molecule has 0 aliphatic heterocycles. The first-order chi connectivity index (χ1) is 10.1. The minimum absolute atomic E-state index is 0.00674. The van der Waals surface area contributed by atoms with E-state index in [0.29, 0.717) is 17.3 Å². The number of hydrogen-bond donors (Lipinski definition) is 0. The zero-order valence-corrected chi connectivity index (χ0v) is 13.4. The Bertz CT molecular complexity index is 689. The molecule has 1 fully saturated rings. The highest BCUT2D eigenvalue weighted by atomic mass is 32.2. The maximum atomic E-state index is 12.2. The van der Waals surface area contributed by atoms with Crippen molar-refractivity contribution in [2.24, 2.45) is 0 Å². The van der Waals surface area contributed by atoms with Crippen LogP contribution >= 0.6 is 11.3 Å². The fourth-order valence-electron chi connectivity index (χ4n) is 2.73. The molecule has 2 heterocycles. The number of hydrogen-bond acceptors (Lipinski definition) is 5. The van der Waals surface area contributed by atoms with Gasteiger partial charge in [-0.25, -0.2) is 13.4 Å². The number of sulfone groups is 1. The quantitative estimate of drug-likeness (QED) is 0.847. The van der Waals surface area contributed by atoms with Gasteiger partial charge in [-0.3, -0.25) is 4.98 Å². The molecule has 2 aromatic rings. The number of aromatic nitrogens is 2. The maximum Gasteiger partial charge on any atom is 0.161 e. The van der Waals surface area contributed by atoms with Crippen molar-refractivity contribution < 1.29 is 8.42 Å². The largest absolute Gasteiger partial charge is 0.260 e. The fourth-order valence-corrected chi connectivity index (χ4v) is 5.15. The highest BCUT2D eigenvalue weighted by molar-refractivity contribution is 7.89. The lowest BCUT2D eigenvalue weighted by Crippen LogP contribution is -2.09. The Kier molecular flexibility index (Phi) is 4.35. The Morgan fingerprint density at radius 2 is 1.90 bits per heavy atom. The molecule has 0 spiro atoms. The monoisotopic (exact) mass is 322 g/mol. The van der Waals surface area contributed by atoms with E-state index < -0.39 is 9.84 Å². The SMILES string of the molecule is O=S(=O)(Cc1ccccn1)Cc1csc(C2CCCC2)n1. The van der Waals surface area contributed by atoms with E-state index in [2.05, 4.69) is 9.97 Å². The molecule has 4 nitrogen and oxygen atoms in total. The van der Waals surface area contributed by atoms with Gasteiger partial charge in [0.15, 0.2) is 9.84 Å². The van der Waals surface area contributed by atoms with Crippen LogP contribution in [0.25, 0.3) is 0 Å². The van der Waals surface area contributed by atoms with Crippen LogP contribution in [-0.2, 0) is 21.3 Å². The lowest BCUT2D eigenvalue weighted by atomic mass is 10.1. The second-order valence-electron chi connectivity index (χ2n) is 5.51. The molecule has 21 heavy (non-hydrogen) atoms. The molecule has 3 rings (SSSR count). The van der Waals surface area contributed by atoms with Gasteiger partial charge in [-0.1, -0.05) is 18.9 Å². The molecule has 1 aliphatic carbocycles. The van der Waals surface area contributed by atoms with Gasteiger partial charge in [0, 0.05) is 17.5 Å². The molecule has 0 radical (unpaired) electrons. The topological polar surface area (TPSA) is 59.9 Å². The summed E-state index contributed by atoms with van der Waals surface area (Å²) in [6, 6.07) is 5.33. The normalized spacial score (nSPS) is 16.4. The first-order valence-electron chi connectivity index (χ1n) is 7.17. The molecule has 1 aliphatic rings. The van der Waals surface area contributed by atoms with Crippen molar-refractivity contribution >= 4 is 21.2 Å². The average Bonchev–Trinajstić information content (AvgIpc) is 3.09. The highest BCUT2D eigenvalue weighted by Gasteiger charge is 2.22. The van der Waals surface area contributed by atoms with Crippen LogP contribution in [0.4, 0.5) is 0 Å². The molecule has 2 aromatic heterocycles. The van der Waals surface area contributed by atoms with Crippen LogP contribution in [0.5, 0.6) is 0 Å². The average molecular weight is 322 g/mol. The van der Waals surface area contributed by atoms with Gasteiger partial charge in [-0.2, -0.15) is 0 Å². The number of thiazole rings is 1. The predicted molar refractivity (Wildman–Crippen MR) is 83.9 cm³/mol. The highest BCUT2D eigenvalue weighted by Crippen LogP contribution is 2.35. The van der Waals surface area contributed by atoms with Gasteiger partial charge in [-0.15, -0.1) is 11.3 Å². The summed E-state index contributed by atoms with van der Waals surface area (Å²) in [5, 5.41) is 3.00. The van der Waals surface area contributed by atoms with Gasteiger partial charge in [0.25, 0.3) is 0 Å². The van der Waals surface area contributed by atoms with Crippen molar-refractivity contribution in [3.05, 3.63) is 46.2 Å². The summed E-state index contributed by atoms with van der Waals surface area (Å²) in [6.45, 7) is 0. The summed E-state index contributed by atoms with van der Waals surface area (Å²) in [4.78, 5) is 8.61. The number of pyridine rings is 1. The van der Waals surface area contributed by atoms with E-state index in [1.807, 2.05) is 5.38 Å². The summed E-state index contributed by atoms with van der Waals surface area (Å²) in [5.41, 5.74) is 1.27. The third kappa shape index (κ3) is 3.89. The Labute approximate surface area is 129 Å². The molecule has 0 amide bonds. The zero-order chi connectivity index (χ0) is 14.7. The smallest absolute Gasteiger partial charge is 0.161 e. The molecule has 0 N–H and O–H groups in total. The summed E-state index contributed by atoms with van der Waals surface area (Å²) >= 11 is 1.60. The van der Waals surface area contributed by atoms with E-state index in [1.165, 1.54) is 25.7 Å². The van der Waals surface area contributed by atoms with Crippen LogP contribution in [0, 0.1) is 0 Å². The molecule has 112 valence electrons. The van der Waals surface area contributed by atoms with E-state index in [9.17, 15) is 8.42 Å².